The van der Waals surface area contributed by atoms with E-state index in [1.54, 1.807) is 7.05 Å². The SMILES string of the molecule is CNC(=S)Nc1ccc(C2CN(C)Cc3c(N)cc(N)cc32)cc1. The third-order valence-corrected chi connectivity index (χ3v) is 4.74. The van der Waals surface area contributed by atoms with Crippen LogP contribution in [0.15, 0.2) is 36.4 Å². The van der Waals surface area contributed by atoms with Gasteiger partial charge >= 0.3 is 0 Å². The van der Waals surface area contributed by atoms with Crippen LogP contribution in [0.1, 0.15) is 22.6 Å². The van der Waals surface area contributed by atoms with Gasteiger partial charge in [-0.25, -0.2) is 0 Å². The Morgan fingerprint density at radius 2 is 1.92 bits per heavy atom. The number of fused-ring (bicyclic) bond motifs is 1. The first-order valence-electron chi connectivity index (χ1n) is 7.93. The molecule has 6 N–H and O–H groups in total. The first kappa shape index (κ1) is 16.5. The number of nitrogens with two attached hydrogens (primary N) is 2. The summed E-state index contributed by atoms with van der Waals surface area (Å²) in [5.74, 6) is 0.259. The van der Waals surface area contributed by atoms with Crippen molar-refractivity contribution in [1.29, 1.82) is 0 Å². The van der Waals surface area contributed by atoms with Crippen LogP contribution in [-0.4, -0.2) is 30.7 Å². The summed E-state index contributed by atoms with van der Waals surface area (Å²) >= 11 is 5.13. The summed E-state index contributed by atoms with van der Waals surface area (Å²) < 4.78 is 0. The zero-order chi connectivity index (χ0) is 17.3. The monoisotopic (exact) mass is 341 g/mol. The van der Waals surface area contributed by atoms with E-state index in [0.29, 0.717) is 5.11 Å². The van der Waals surface area contributed by atoms with Crippen molar-refractivity contribution in [2.24, 2.45) is 0 Å². The molecule has 0 fully saturated rings. The van der Waals surface area contributed by atoms with Gasteiger partial charge in [0.2, 0.25) is 0 Å². The van der Waals surface area contributed by atoms with Crippen LogP contribution in [0, 0.1) is 0 Å². The molecule has 3 rings (SSSR count). The highest BCUT2D eigenvalue weighted by Crippen LogP contribution is 2.37. The van der Waals surface area contributed by atoms with Gasteiger partial charge in [-0.05, 0) is 60.2 Å². The topological polar surface area (TPSA) is 79.3 Å². The van der Waals surface area contributed by atoms with Crippen molar-refractivity contribution < 1.29 is 0 Å². The molecule has 1 atom stereocenters. The van der Waals surface area contributed by atoms with Crippen molar-refractivity contribution in [3.63, 3.8) is 0 Å². The Hall–Kier alpha value is -2.31. The molecule has 1 heterocycles. The number of anilines is 3. The Balaban J connectivity index is 1.94. The molecule has 6 heteroatoms. The minimum atomic E-state index is 0.259. The number of hydrogen-bond donors (Lipinski definition) is 4. The lowest BCUT2D eigenvalue weighted by molar-refractivity contribution is 0.296. The van der Waals surface area contributed by atoms with Gasteiger partial charge in [0.25, 0.3) is 0 Å². The lowest BCUT2D eigenvalue weighted by atomic mass is 9.84. The van der Waals surface area contributed by atoms with Crippen LogP contribution in [0.4, 0.5) is 17.1 Å². The highest BCUT2D eigenvalue weighted by atomic mass is 32.1. The average molecular weight is 341 g/mol. The molecule has 0 amide bonds. The minimum absolute atomic E-state index is 0.259. The number of nitrogen functional groups attached to an aromatic ring is 2. The molecule has 0 radical (unpaired) electrons. The molecule has 0 saturated carbocycles. The van der Waals surface area contributed by atoms with E-state index in [1.165, 1.54) is 16.7 Å². The maximum Gasteiger partial charge on any atom is 0.170 e. The number of rotatable bonds is 2. The van der Waals surface area contributed by atoms with Crippen LogP contribution in [0.3, 0.4) is 0 Å². The molecule has 0 aliphatic carbocycles. The lowest BCUT2D eigenvalue weighted by Gasteiger charge is -2.33. The van der Waals surface area contributed by atoms with Crippen LogP contribution >= 0.6 is 12.2 Å². The molecule has 0 aromatic heterocycles. The van der Waals surface area contributed by atoms with Crippen molar-refractivity contribution in [1.82, 2.24) is 10.2 Å². The second kappa shape index (κ2) is 6.67. The smallest absolute Gasteiger partial charge is 0.170 e. The number of thiocarbonyl (C=S) groups is 1. The molecule has 126 valence electrons. The first-order valence-corrected chi connectivity index (χ1v) is 8.33. The Labute approximate surface area is 148 Å². The van der Waals surface area contributed by atoms with Crippen molar-refractivity contribution >= 4 is 34.4 Å². The molecule has 2 aromatic carbocycles. The van der Waals surface area contributed by atoms with Gasteiger partial charge in [0.1, 0.15) is 0 Å². The summed E-state index contributed by atoms with van der Waals surface area (Å²) in [6, 6.07) is 12.3. The van der Waals surface area contributed by atoms with E-state index >= 15 is 0 Å². The highest BCUT2D eigenvalue weighted by Gasteiger charge is 2.26. The van der Waals surface area contributed by atoms with E-state index in [1.807, 2.05) is 18.2 Å². The third kappa shape index (κ3) is 3.29. The first-order chi connectivity index (χ1) is 11.5. The maximum absolute atomic E-state index is 6.20. The Kier molecular flexibility index (Phi) is 4.59. The van der Waals surface area contributed by atoms with Gasteiger partial charge in [0.05, 0.1) is 0 Å². The molecule has 2 aromatic rings. The van der Waals surface area contributed by atoms with Crippen molar-refractivity contribution in [3.05, 3.63) is 53.1 Å². The Morgan fingerprint density at radius 1 is 1.21 bits per heavy atom. The van der Waals surface area contributed by atoms with Gasteiger partial charge in [0, 0.05) is 43.1 Å². The summed E-state index contributed by atoms with van der Waals surface area (Å²) in [6.45, 7) is 1.80. The number of hydrogen-bond acceptors (Lipinski definition) is 4. The van der Waals surface area contributed by atoms with E-state index in [4.69, 9.17) is 23.7 Å². The zero-order valence-electron chi connectivity index (χ0n) is 14.0. The quantitative estimate of drug-likeness (QED) is 0.496. The van der Waals surface area contributed by atoms with E-state index < -0.39 is 0 Å². The molecule has 0 bridgehead atoms. The second-order valence-electron chi connectivity index (χ2n) is 6.25. The van der Waals surface area contributed by atoms with E-state index in [0.717, 1.165) is 30.2 Å². The summed E-state index contributed by atoms with van der Waals surface area (Å²) in [7, 11) is 3.92. The molecular formula is C18H23N5S. The largest absolute Gasteiger partial charge is 0.399 e. The fraction of sp³-hybridized carbons (Fsp3) is 0.278. The van der Waals surface area contributed by atoms with Crippen LogP contribution < -0.4 is 22.1 Å². The molecule has 0 saturated heterocycles. The van der Waals surface area contributed by atoms with Crippen molar-refractivity contribution in [2.75, 3.05) is 37.4 Å². The van der Waals surface area contributed by atoms with E-state index in [-0.39, 0.29) is 5.92 Å². The molecular weight excluding hydrogens is 318 g/mol. The van der Waals surface area contributed by atoms with Crippen LogP contribution in [0.5, 0.6) is 0 Å². The molecule has 1 aliphatic rings. The van der Waals surface area contributed by atoms with Gasteiger partial charge in [-0.2, -0.15) is 0 Å². The van der Waals surface area contributed by atoms with Crippen LogP contribution in [0.25, 0.3) is 0 Å². The van der Waals surface area contributed by atoms with Gasteiger partial charge < -0.3 is 27.0 Å². The predicted octanol–water partition coefficient (Wildman–Crippen LogP) is 2.34. The van der Waals surface area contributed by atoms with Gasteiger partial charge in [0.15, 0.2) is 5.11 Å². The minimum Gasteiger partial charge on any atom is -0.399 e. The van der Waals surface area contributed by atoms with Crippen LogP contribution in [0.2, 0.25) is 0 Å². The molecule has 24 heavy (non-hydrogen) atoms. The number of nitrogens with one attached hydrogen (secondary N) is 2. The highest BCUT2D eigenvalue weighted by molar-refractivity contribution is 7.80. The molecule has 1 aliphatic heterocycles. The van der Waals surface area contributed by atoms with Gasteiger partial charge in [-0.3, -0.25) is 0 Å². The average Bonchev–Trinajstić information content (AvgIpc) is 2.55. The number of nitrogens with zero attached hydrogens (tertiary/aromatic N) is 1. The lowest BCUT2D eigenvalue weighted by Crippen LogP contribution is -2.31. The zero-order valence-corrected chi connectivity index (χ0v) is 14.8. The normalized spacial score (nSPS) is 17.2. The molecule has 0 spiro atoms. The number of likely N-dealkylation sites (N-methyl/N-ethyl adjacent to an activating group) is 1. The summed E-state index contributed by atoms with van der Waals surface area (Å²) in [6.07, 6.45) is 0. The summed E-state index contributed by atoms with van der Waals surface area (Å²) in [5, 5.41) is 6.65. The molecule has 5 nitrogen and oxygen atoms in total. The Morgan fingerprint density at radius 3 is 2.58 bits per heavy atom. The Bertz CT molecular complexity index is 757. The van der Waals surface area contributed by atoms with Crippen molar-refractivity contribution in [2.45, 2.75) is 12.5 Å². The van der Waals surface area contributed by atoms with Gasteiger partial charge in [-0.15, -0.1) is 0 Å². The van der Waals surface area contributed by atoms with E-state index in [9.17, 15) is 0 Å². The maximum atomic E-state index is 6.20. The second-order valence-corrected chi connectivity index (χ2v) is 6.66. The standard InChI is InChI=1S/C18H23N5S/c1-21-18(24)22-13-5-3-11(4-6-13)15-9-23(2)10-16-14(15)7-12(19)8-17(16)20/h3-8,15H,9-10,19-20H2,1-2H3,(H2,21,22,24). The fourth-order valence-electron chi connectivity index (χ4n) is 3.26. The summed E-state index contributed by atoms with van der Waals surface area (Å²) in [4.78, 5) is 2.29. The van der Waals surface area contributed by atoms with Crippen molar-refractivity contribution in [3.8, 4) is 0 Å². The molecule has 1 unspecified atom stereocenters. The number of benzene rings is 2. The third-order valence-electron chi connectivity index (χ3n) is 4.44. The van der Waals surface area contributed by atoms with Crippen LogP contribution in [-0.2, 0) is 6.54 Å². The van der Waals surface area contributed by atoms with Gasteiger partial charge in [-0.1, -0.05) is 12.1 Å². The fourth-order valence-corrected chi connectivity index (χ4v) is 3.37. The predicted molar refractivity (Wildman–Crippen MR) is 105 cm³/mol. The van der Waals surface area contributed by atoms with E-state index in [2.05, 4.69) is 40.8 Å². The summed E-state index contributed by atoms with van der Waals surface area (Å²) in [5.41, 5.74) is 18.4.